The van der Waals surface area contributed by atoms with Gasteiger partial charge in [0.15, 0.2) is 5.78 Å². The second-order valence-electron chi connectivity index (χ2n) is 3.98. The van der Waals surface area contributed by atoms with Crippen LogP contribution in [0.25, 0.3) is 0 Å². The lowest BCUT2D eigenvalue weighted by atomic mass is 9.99. The van der Waals surface area contributed by atoms with Gasteiger partial charge in [0.25, 0.3) is 0 Å². The number of aliphatic hydroxyl groups is 1. The second-order valence-corrected chi connectivity index (χ2v) is 4.39. The summed E-state index contributed by atoms with van der Waals surface area (Å²) in [6.07, 6.45) is -1.19. The second kappa shape index (κ2) is 5.34. The topological polar surface area (TPSA) is 37.3 Å². The molecule has 2 aromatic rings. The monoisotopic (exact) mass is 259 g/mol. The number of hydrogen-bond donors (Lipinski definition) is 1. The molecule has 0 saturated carbocycles. The van der Waals surface area contributed by atoms with E-state index in [9.17, 15) is 9.90 Å². The average Bonchev–Trinajstić information content (AvgIpc) is 2.41. The Balaban J connectivity index is 2.28. The fourth-order valence-corrected chi connectivity index (χ4v) is 1.79. The van der Waals surface area contributed by atoms with Crippen LogP contribution in [-0.2, 0) is 0 Å². The minimum atomic E-state index is -1.19. The molecular weight excluding hydrogens is 248 g/mol. The van der Waals surface area contributed by atoms with Crippen LogP contribution in [-0.4, -0.2) is 10.9 Å². The molecule has 18 heavy (non-hydrogen) atoms. The van der Waals surface area contributed by atoms with Gasteiger partial charge >= 0.3 is 0 Å². The highest BCUT2D eigenvalue weighted by Crippen LogP contribution is 2.23. The summed E-state index contributed by atoms with van der Waals surface area (Å²) in [4.78, 5) is 12.0. The van der Waals surface area contributed by atoms with Crippen LogP contribution in [0.5, 0.6) is 0 Å². The lowest BCUT2D eigenvalue weighted by Crippen LogP contribution is -2.12. The lowest BCUT2D eigenvalue weighted by Gasteiger charge is -2.11. The molecule has 0 aliphatic heterocycles. The van der Waals surface area contributed by atoms with Crippen LogP contribution in [0.3, 0.4) is 0 Å². The Bertz CT molecular complexity index is 564. The SMILES string of the molecule is [CH2]c1cc(C(O)C(=O)c2ccccc2)ccc1Cl. The van der Waals surface area contributed by atoms with Gasteiger partial charge in [0.1, 0.15) is 6.10 Å². The molecule has 3 heteroatoms. The van der Waals surface area contributed by atoms with Crippen LogP contribution in [0.4, 0.5) is 0 Å². The van der Waals surface area contributed by atoms with Crippen molar-refractivity contribution >= 4 is 17.4 Å². The van der Waals surface area contributed by atoms with Crippen molar-refractivity contribution in [2.75, 3.05) is 0 Å². The Morgan fingerprint density at radius 2 is 1.83 bits per heavy atom. The number of carbonyl (C=O) groups is 1. The number of benzene rings is 2. The summed E-state index contributed by atoms with van der Waals surface area (Å²) in [6.45, 7) is 3.74. The minimum Gasteiger partial charge on any atom is -0.380 e. The van der Waals surface area contributed by atoms with E-state index in [0.29, 0.717) is 21.7 Å². The lowest BCUT2D eigenvalue weighted by molar-refractivity contribution is 0.0747. The third-order valence-electron chi connectivity index (χ3n) is 2.69. The number of ketones is 1. The van der Waals surface area contributed by atoms with Gasteiger partial charge in [-0.2, -0.15) is 0 Å². The molecule has 0 fully saturated rings. The van der Waals surface area contributed by atoms with E-state index in [2.05, 4.69) is 6.92 Å². The molecule has 2 aromatic carbocycles. The van der Waals surface area contributed by atoms with E-state index in [1.54, 1.807) is 42.5 Å². The van der Waals surface area contributed by atoms with Crippen LogP contribution in [0, 0.1) is 6.92 Å². The summed E-state index contributed by atoms with van der Waals surface area (Å²) in [5.74, 6) is -0.336. The van der Waals surface area contributed by atoms with Crippen LogP contribution in [0.15, 0.2) is 48.5 Å². The quantitative estimate of drug-likeness (QED) is 0.858. The van der Waals surface area contributed by atoms with Gasteiger partial charge < -0.3 is 5.11 Å². The third kappa shape index (κ3) is 2.61. The fraction of sp³-hybridized carbons (Fsp3) is 0.0667. The molecule has 0 aliphatic rings. The summed E-state index contributed by atoms with van der Waals surface area (Å²) < 4.78 is 0. The van der Waals surface area contributed by atoms with Crippen LogP contribution in [0.1, 0.15) is 27.6 Å². The summed E-state index contributed by atoms with van der Waals surface area (Å²) in [7, 11) is 0. The van der Waals surface area contributed by atoms with Gasteiger partial charge in [-0.05, 0) is 24.1 Å². The largest absolute Gasteiger partial charge is 0.380 e. The number of halogens is 1. The molecule has 1 atom stereocenters. The normalized spacial score (nSPS) is 12.2. The Labute approximate surface area is 111 Å². The maximum Gasteiger partial charge on any atom is 0.195 e. The predicted molar refractivity (Wildman–Crippen MR) is 71.6 cm³/mol. The van der Waals surface area contributed by atoms with E-state index in [1.807, 2.05) is 6.07 Å². The van der Waals surface area contributed by atoms with E-state index in [-0.39, 0.29) is 5.78 Å². The molecule has 0 aromatic heterocycles. The maximum absolute atomic E-state index is 12.0. The van der Waals surface area contributed by atoms with Gasteiger partial charge in [0.2, 0.25) is 0 Å². The third-order valence-corrected chi connectivity index (χ3v) is 3.06. The molecule has 1 unspecified atom stereocenters. The molecule has 2 nitrogen and oxygen atoms in total. The summed E-state index contributed by atoms with van der Waals surface area (Å²) in [6, 6.07) is 13.6. The highest BCUT2D eigenvalue weighted by molar-refractivity contribution is 6.31. The maximum atomic E-state index is 12.0. The Morgan fingerprint density at radius 1 is 1.17 bits per heavy atom. The van der Waals surface area contributed by atoms with Crippen molar-refractivity contribution in [1.29, 1.82) is 0 Å². The zero-order valence-electron chi connectivity index (χ0n) is 9.64. The van der Waals surface area contributed by atoms with Gasteiger partial charge in [-0.25, -0.2) is 0 Å². The molecule has 0 saturated heterocycles. The molecule has 0 heterocycles. The number of aliphatic hydroxyl groups excluding tert-OH is 1. The smallest absolute Gasteiger partial charge is 0.195 e. The van der Waals surface area contributed by atoms with Crippen molar-refractivity contribution in [1.82, 2.24) is 0 Å². The predicted octanol–water partition coefficient (Wildman–Crippen LogP) is 3.44. The van der Waals surface area contributed by atoms with Gasteiger partial charge in [-0.15, -0.1) is 0 Å². The standard InChI is InChI=1S/C15H12ClO2/c1-10-9-12(7-8-13(10)16)15(18)14(17)11-5-3-2-4-6-11/h2-9,15,18H,1H2. The van der Waals surface area contributed by atoms with Crippen LogP contribution < -0.4 is 0 Å². The molecule has 2 rings (SSSR count). The molecule has 1 radical (unpaired) electrons. The Kier molecular flexibility index (Phi) is 3.80. The first kappa shape index (κ1) is 12.8. The number of carbonyl (C=O) groups excluding carboxylic acids is 1. The molecule has 1 N–H and O–H groups in total. The number of rotatable bonds is 3. The van der Waals surface area contributed by atoms with E-state index in [1.165, 1.54) is 0 Å². The van der Waals surface area contributed by atoms with E-state index < -0.39 is 6.10 Å². The average molecular weight is 260 g/mol. The fourth-order valence-electron chi connectivity index (χ4n) is 1.68. The van der Waals surface area contributed by atoms with Gasteiger partial charge in [0.05, 0.1) is 0 Å². The molecule has 91 valence electrons. The number of Topliss-reactive ketones (excluding diaryl/α,β-unsaturated/α-hetero) is 1. The van der Waals surface area contributed by atoms with Crippen molar-refractivity contribution in [3.8, 4) is 0 Å². The summed E-state index contributed by atoms with van der Waals surface area (Å²) in [5.41, 5.74) is 1.57. The Hall–Kier alpha value is -1.64. The minimum absolute atomic E-state index is 0.336. The van der Waals surface area contributed by atoms with Crippen molar-refractivity contribution in [2.45, 2.75) is 6.10 Å². The Morgan fingerprint density at radius 3 is 2.44 bits per heavy atom. The first-order chi connectivity index (χ1) is 8.59. The highest BCUT2D eigenvalue weighted by atomic mass is 35.5. The van der Waals surface area contributed by atoms with Crippen molar-refractivity contribution in [3.63, 3.8) is 0 Å². The van der Waals surface area contributed by atoms with Crippen molar-refractivity contribution in [3.05, 3.63) is 77.2 Å². The molecule has 0 spiro atoms. The summed E-state index contributed by atoms with van der Waals surface area (Å²) >= 11 is 5.85. The van der Waals surface area contributed by atoms with E-state index in [0.717, 1.165) is 0 Å². The molecule has 0 amide bonds. The molecule has 0 bridgehead atoms. The van der Waals surface area contributed by atoms with Gasteiger partial charge in [-0.3, -0.25) is 4.79 Å². The van der Waals surface area contributed by atoms with Crippen LogP contribution >= 0.6 is 11.6 Å². The summed E-state index contributed by atoms with van der Waals surface area (Å²) in [5, 5.41) is 10.5. The van der Waals surface area contributed by atoms with E-state index >= 15 is 0 Å². The molecular formula is C15H12ClO2. The zero-order valence-corrected chi connectivity index (χ0v) is 10.4. The van der Waals surface area contributed by atoms with Crippen molar-refractivity contribution in [2.24, 2.45) is 0 Å². The van der Waals surface area contributed by atoms with Gasteiger partial charge in [0, 0.05) is 10.6 Å². The van der Waals surface area contributed by atoms with Crippen molar-refractivity contribution < 1.29 is 9.90 Å². The highest BCUT2D eigenvalue weighted by Gasteiger charge is 2.19. The first-order valence-corrected chi connectivity index (χ1v) is 5.86. The zero-order chi connectivity index (χ0) is 13.1. The molecule has 0 aliphatic carbocycles. The number of hydrogen-bond acceptors (Lipinski definition) is 2. The van der Waals surface area contributed by atoms with Crippen LogP contribution in [0.2, 0.25) is 5.02 Å². The van der Waals surface area contributed by atoms with Gasteiger partial charge in [-0.1, -0.05) is 54.1 Å². The first-order valence-electron chi connectivity index (χ1n) is 5.48. The van der Waals surface area contributed by atoms with E-state index in [4.69, 9.17) is 11.6 Å².